The lowest BCUT2D eigenvalue weighted by Gasteiger charge is -2.08. The van der Waals surface area contributed by atoms with Crippen molar-refractivity contribution < 1.29 is 0 Å². The zero-order chi connectivity index (χ0) is 18.4. The third kappa shape index (κ3) is 5.68. The first-order chi connectivity index (χ1) is 12.7. The average Bonchev–Trinajstić information content (AvgIpc) is 2.66. The normalized spacial score (nSPS) is 10.3. The van der Waals surface area contributed by atoms with Gasteiger partial charge < -0.3 is 10.6 Å². The van der Waals surface area contributed by atoms with Gasteiger partial charge in [-0.1, -0.05) is 53.5 Å². The third-order valence-corrected chi connectivity index (χ3v) is 4.07. The summed E-state index contributed by atoms with van der Waals surface area (Å²) in [7, 11) is 1.72. The maximum absolute atomic E-state index is 6.13. The first-order valence-corrected chi connectivity index (χ1v) is 8.40. The third-order valence-electron chi connectivity index (χ3n) is 3.24. The van der Waals surface area contributed by atoms with Gasteiger partial charge in [-0.05, 0) is 18.2 Å². The Kier molecular flexibility index (Phi) is 7.60. The SMILES string of the molecule is CNc1nc(NN=Cc2cccc(Cl)c2Cl)nc(Nc2ccccc2)n1.Cl. The lowest BCUT2D eigenvalue weighted by atomic mass is 10.2. The van der Waals surface area contributed by atoms with Crippen molar-refractivity contribution in [2.24, 2.45) is 5.10 Å². The van der Waals surface area contributed by atoms with E-state index in [2.05, 4.69) is 36.1 Å². The molecule has 3 aromatic rings. The summed E-state index contributed by atoms with van der Waals surface area (Å²) in [6.07, 6.45) is 1.54. The molecule has 0 atom stereocenters. The Morgan fingerprint density at radius 3 is 2.33 bits per heavy atom. The van der Waals surface area contributed by atoms with E-state index in [0.717, 1.165) is 5.69 Å². The molecular weight excluding hydrogens is 409 g/mol. The predicted molar refractivity (Wildman–Crippen MR) is 114 cm³/mol. The van der Waals surface area contributed by atoms with E-state index in [1.54, 1.807) is 31.5 Å². The summed E-state index contributed by atoms with van der Waals surface area (Å²) in [5.74, 6) is 1.06. The van der Waals surface area contributed by atoms with Gasteiger partial charge in [-0.2, -0.15) is 20.1 Å². The van der Waals surface area contributed by atoms with Gasteiger partial charge in [0, 0.05) is 18.3 Å². The van der Waals surface area contributed by atoms with Crippen molar-refractivity contribution in [2.75, 3.05) is 23.1 Å². The highest BCUT2D eigenvalue weighted by Gasteiger charge is 2.06. The maximum atomic E-state index is 6.13. The molecule has 0 aliphatic rings. The number of aromatic nitrogens is 3. The van der Waals surface area contributed by atoms with Gasteiger partial charge in [0.15, 0.2) is 0 Å². The zero-order valence-corrected chi connectivity index (χ0v) is 16.5. The van der Waals surface area contributed by atoms with Crippen LogP contribution in [-0.2, 0) is 0 Å². The number of anilines is 4. The summed E-state index contributed by atoms with van der Waals surface area (Å²) in [4.78, 5) is 12.8. The highest BCUT2D eigenvalue weighted by Crippen LogP contribution is 2.24. The largest absolute Gasteiger partial charge is 0.357 e. The van der Waals surface area contributed by atoms with Crippen LogP contribution in [0.5, 0.6) is 0 Å². The first kappa shape index (κ1) is 20.7. The fraction of sp³-hybridized carbons (Fsp3) is 0.0588. The number of hydrogen-bond acceptors (Lipinski definition) is 7. The van der Waals surface area contributed by atoms with Gasteiger partial charge >= 0.3 is 0 Å². The van der Waals surface area contributed by atoms with Crippen LogP contribution in [-0.4, -0.2) is 28.2 Å². The van der Waals surface area contributed by atoms with Crippen molar-refractivity contribution in [3.8, 4) is 0 Å². The van der Waals surface area contributed by atoms with Crippen molar-refractivity contribution in [3.63, 3.8) is 0 Å². The van der Waals surface area contributed by atoms with E-state index in [1.165, 1.54) is 0 Å². The van der Waals surface area contributed by atoms with Gasteiger partial charge in [-0.25, -0.2) is 5.43 Å². The molecule has 3 N–H and O–H groups in total. The van der Waals surface area contributed by atoms with Crippen LogP contribution in [0.4, 0.5) is 23.5 Å². The molecule has 0 bridgehead atoms. The number of halogens is 3. The monoisotopic (exact) mass is 423 g/mol. The summed E-state index contributed by atoms with van der Waals surface area (Å²) in [5, 5.41) is 11.0. The Balaban J connectivity index is 0.00000261. The van der Waals surface area contributed by atoms with Gasteiger partial charge in [0.25, 0.3) is 0 Å². The van der Waals surface area contributed by atoms with Crippen LogP contribution in [0.25, 0.3) is 0 Å². The molecular formula is C17H16Cl3N7. The molecule has 10 heteroatoms. The van der Waals surface area contributed by atoms with Crippen molar-refractivity contribution >= 4 is 65.4 Å². The number of nitrogens with zero attached hydrogens (tertiary/aromatic N) is 4. The van der Waals surface area contributed by atoms with E-state index in [9.17, 15) is 0 Å². The predicted octanol–water partition coefficient (Wildman–Crippen LogP) is 4.83. The van der Waals surface area contributed by atoms with Crippen LogP contribution >= 0.6 is 35.6 Å². The molecule has 0 saturated carbocycles. The minimum atomic E-state index is 0. The van der Waals surface area contributed by atoms with Crippen LogP contribution in [0.2, 0.25) is 10.0 Å². The van der Waals surface area contributed by atoms with Crippen LogP contribution < -0.4 is 16.1 Å². The maximum Gasteiger partial charge on any atom is 0.250 e. The number of para-hydroxylation sites is 1. The summed E-state index contributed by atoms with van der Waals surface area (Å²) < 4.78 is 0. The fourth-order valence-corrected chi connectivity index (χ4v) is 2.38. The molecule has 0 spiro atoms. The van der Waals surface area contributed by atoms with Gasteiger partial charge in [-0.15, -0.1) is 12.4 Å². The first-order valence-electron chi connectivity index (χ1n) is 7.64. The average molecular weight is 425 g/mol. The molecule has 0 radical (unpaired) electrons. The Bertz CT molecular complexity index is 920. The zero-order valence-electron chi connectivity index (χ0n) is 14.1. The number of hydrogen-bond donors (Lipinski definition) is 3. The minimum Gasteiger partial charge on any atom is -0.357 e. The molecule has 1 aromatic heterocycles. The summed E-state index contributed by atoms with van der Waals surface area (Å²) in [6, 6.07) is 14.9. The second kappa shape index (κ2) is 9.91. The van der Waals surface area contributed by atoms with E-state index in [0.29, 0.717) is 27.5 Å². The summed E-state index contributed by atoms with van der Waals surface area (Å²) in [5.41, 5.74) is 4.31. The highest BCUT2D eigenvalue weighted by atomic mass is 35.5. The fourth-order valence-electron chi connectivity index (χ4n) is 2.02. The smallest absolute Gasteiger partial charge is 0.250 e. The number of nitrogens with one attached hydrogen (secondary N) is 3. The number of benzene rings is 2. The molecule has 0 aliphatic carbocycles. The quantitative estimate of drug-likeness (QED) is 0.388. The Labute approximate surface area is 172 Å². The lowest BCUT2D eigenvalue weighted by Crippen LogP contribution is -2.07. The molecule has 1 heterocycles. The standard InChI is InChI=1S/C17H15Cl2N7.ClH/c1-20-15-23-16(22-12-7-3-2-4-8-12)25-17(24-15)26-21-10-11-6-5-9-13(18)14(11)19;/h2-10H,1H3,(H3,20,22,23,24,25,26);1H. The molecule has 27 heavy (non-hydrogen) atoms. The van der Waals surface area contributed by atoms with Crippen LogP contribution in [0, 0.1) is 0 Å². The topological polar surface area (TPSA) is 87.1 Å². The molecule has 0 unspecified atom stereocenters. The molecule has 0 fully saturated rings. The van der Waals surface area contributed by atoms with E-state index in [-0.39, 0.29) is 18.4 Å². The van der Waals surface area contributed by atoms with Crippen LogP contribution in [0.1, 0.15) is 5.56 Å². The van der Waals surface area contributed by atoms with Crippen molar-refractivity contribution in [2.45, 2.75) is 0 Å². The van der Waals surface area contributed by atoms with E-state index in [1.807, 2.05) is 30.3 Å². The van der Waals surface area contributed by atoms with Gasteiger partial charge in [0.2, 0.25) is 17.8 Å². The Morgan fingerprint density at radius 1 is 0.889 bits per heavy atom. The minimum absolute atomic E-state index is 0. The molecule has 3 rings (SSSR count). The molecule has 0 aliphatic heterocycles. The van der Waals surface area contributed by atoms with E-state index in [4.69, 9.17) is 23.2 Å². The van der Waals surface area contributed by atoms with E-state index < -0.39 is 0 Å². The van der Waals surface area contributed by atoms with E-state index >= 15 is 0 Å². The van der Waals surface area contributed by atoms with Crippen molar-refractivity contribution in [1.29, 1.82) is 0 Å². The Hall–Kier alpha value is -2.61. The van der Waals surface area contributed by atoms with Gasteiger partial charge in [-0.3, -0.25) is 0 Å². The summed E-state index contributed by atoms with van der Waals surface area (Å²) >= 11 is 12.1. The summed E-state index contributed by atoms with van der Waals surface area (Å²) in [6.45, 7) is 0. The molecule has 0 saturated heterocycles. The second-order valence-corrected chi connectivity index (χ2v) is 5.85. The van der Waals surface area contributed by atoms with Crippen molar-refractivity contribution in [3.05, 3.63) is 64.1 Å². The van der Waals surface area contributed by atoms with Crippen LogP contribution in [0.3, 0.4) is 0 Å². The molecule has 7 nitrogen and oxygen atoms in total. The number of rotatable bonds is 6. The molecule has 2 aromatic carbocycles. The molecule has 140 valence electrons. The second-order valence-electron chi connectivity index (χ2n) is 5.06. The lowest BCUT2D eigenvalue weighted by molar-refractivity contribution is 1.04. The van der Waals surface area contributed by atoms with Crippen LogP contribution in [0.15, 0.2) is 53.6 Å². The number of hydrazone groups is 1. The van der Waals surface area contributed by atoms with Gasteiger partial charge in [0.1, 0.15) is 0 Å². The highest BCUT2D eigenvalue weighted by molar-refractivity contribution is 6.43. The van der Waals surface area contributed by atoms with Crippen molar-refractivity contribution in [1.82, 2.24) is 15.0 Å². The Morgan fingerprint density at radius 2 is 1.59 bits per heavy atom. The molecule has 0 amide bonds. The van der Waals surface area contributed by atoms with Gasteiger partial charge in [0.05, 0.1) is 16.3 Å².